The molecule has 0 aliphatic carbocycles. The lowest BCUT2D eigenvalue weighted by atomic mass is 9.93. The SMILES string of the molecule is O=C(CCC1CCNCC1)Nc1nnc(-c2ccco2)s1. The zero-order valence-corrected chi connectivity index (χ0v) is 12.5. The summed E-state index contributed by atoms with van der Waals surface area (Å²) in [5.74, 6) is 1.34. The molecule has 0 saturated carbocycles. The zero-order chi connectivity index (χ0) is 14.5. The molecule has 2 aromatic heterocycles. The highest BCUT2D eigenvalue weighted by Crippen LogP contribution is 2.26. The number of anilines is 1. The molecule has 3 rings (SSSR count). The van der Waals surface area contributed by atoms with Crippen molar-refractivity contribution in [2.24, 2.45) is 5.92 Å². The molecule has 0 bridgehead atoms. The zero-order valence-electron chi connectivity index (χ0n) is 11.7. The molecule has 3 heterocycles. The van der Waals surface area contributed by atoms with Crippen LogP contribution in [0.5, 0.6) is 0 Å². The third kappa shape index (κ3) is 3.89. The van der Waals surface area contributed by atoms with Gasteiger partial charge in [-0.2, -0.15) is 0 Å². The van der Waals surface area contributed by atoms with Crippen molar-refractivity contribution in [3.8, 4) is 10.8 Å². The van der Waals surface area contributed by atoms with Gasteiger partial charge in [-0.1, -0.05) is 11.3 Å². The summed E-state index contributed by atoms with van der Waals surface area (Å²) in [6.45, 7) is 2.13. The number of amides is 1. The van der Waals surface area contributed by atoms with Gasteiger partial charge in [-0.3, -0.25) is 4.79 Å². The van der Waals surface area contributed by atoms with Crippen molar-refractivity contribution in [2.75, 3.05) is 18.4 Å². The van der Waals surface area contributed by atoms with Crippen LogP contribution in [0.1, 0.15) is 25.7 Å². The quantitative estimate of drug-likeness (QED) is 0.887. The summed E-state index contributed by atoms with van der Waals surface area (Å²) >= 11 is 1.32. The van der Waals surface area contributed by atoms with Gasteiger partial charge >= 0.3 is 0 Å². The maximum absolute atomic E-state index is 11.9. The topological polar surface area (TPSA) is 80.0 Å². The number of carbonyl (C=O) groups excluding carboxylic acids is 1. The van der Waals surface area contributed by atoms with Crippen LogP contribution in [0.15, 0.2) is 22.8 Å². The Labute approximate surface area is 127 Å². The molecule has 0 atom stereocenters. The monoisotopic (exact) mass is 306 g/mol. The fraction of sp³-hybridized carbons (Fsp3) is 0.500. The Kier molecular flexibility index (Phi) is 4.62. The van der Waals surface area contributed by atoms with Crippen molar-refractivity contribution >= 4 is 22.4 Å². The van der Waals surface area contributed by atoms with E-state index < -0.39 is 0 Å². The van der Waals surface area contributed by atoms with Gasteiger partial charge in [0.15, 0.2) is 10.8 Å². The van der Waals surface area contributed by atoms with Gasteiger partial charge in [-0.05, 0) is 50.4 Å². The van der Waals surface area contributed by atoms with E-state index in [0.29, 0.717) is 28.2 Å². The fourth-order valence-electron chi connectivity index (χ4n) is 2.46. The lowest BCUT2D eigenvalue weighted by Crippen LogP contribution is -2.28. The summed E-state index contributed by atoms with van der Waals surface area (Å²) < 4.78 is 5.25. The standard InChI is InChI=1S/C14H18N4O2S/c19-12(4-3-10-5-7-15-8-6-10)16-14-18-17-13(21-14)11-2-1-9-20-11/h1-2,9-10,15H,3-8H2,(H,16,18,19). The molecular formula is C14H18N4O2S. The van der Waals surface area contributed by atoms with Crippen molar-refractivity contribution in [2.45, 2.75) is 25.7 Å². The minimum atomic E-state index is 0.00989. The average molecular weight is 306 g/mol. The molecule has 0 unspecified atom stereocenters. The predicted octanol–water partition coefficient (Wildman–Crippen LogP) is 2.52. The summed E-state index contributed by atoms with van der Waals surface area (Å²) in [6, 6.07) is 3.62. The average Bonchev–Trinajstić information content (AvgIpc) is 3.17. The van der Waals surface area contributed by atoms with Crippen molar-refractivity contribution in [3.63, 3.8) is 0 Å². The maximum Gasteiger partial charge on any atom is 0.226 e. The van der Waals surface area contributed by atoms with E-state index in [9.17, 15) is 4.79 Å². The molecular weight excluding hydrogens is 288 g/mol. The molecule has 1 aliphatic heterocycles. The van der Waals surface area contributed by atoms with E-state index in [-0.39, 0.29) is 5.91 Å². The molecule has 0 aromatic carbocycles. The van der Waals surface area contributed by atoms with Gasteiger partial charge in [0.1, 0.15) is 0 Å². The largest absolute Gasteiger partial charge is 0.462 e. The molecule has 1 fully saturated rings. The fourth-order valence-corrected chi connectivity index (χ4v) is 3.19. The van der Waals surface area contributed by atoms with Gasteiger partial charge in [0.25, 0.3) is 0 Å². The van der Waals surface area contributed by atoms with Crippen LogP contribution in [0, 0.1) is 5.92 Å². The molecule has 6 nitrogen and oxygen atoms in total. The number of furan rings is 1. The van der Waals surface area contributed by atoms with Gasteiger partial charge < -0.3 is 15.1 Å². The Morgan fingerprint density at radius 1 is 1.43 bits per heavy atom. The minimum absolute atomic E-state index is 0.00989. The highest BCUT2D eigenvalue weighted by atomic mass is 32.1. The summed E-state index contributed by atoms with van der Waals surface area (Å²) in [6.07, 6.45) is 5.40. The molecule has 0 radical (unpaired) electrons. The summed E-state index contributed by atoms with van der Waals surface area (Å²) in [7, 11) is 0. The van der Waals surface area contributed by atoms with Crippen LogP contribution in [0.2, 0.25) is 0 Å². The van der Waals surface area contributed by atoms with Gasteiger partial charge in [0, 0.05) is 6.42 Å². The number of carbonyl (C=O) groups is 1. The molecule has 7 heteroatoms. The van der Waals surface area contributed by atoms with E-state index in [4.69, 9.17) is 4.42 Å². The van der Waals surface area contributed by atoms with Gasteiger partial charge in [0.05, 0.1) is 6.26 Å². The maximum atomic E-state index is 11.9. The minimum Gasteiger partial charge on any atom is -0.462 e. The Balaban J connectivity index is 1.48. The first-order valence-corrected chi connectivity index (χ1v) is 8.01. The van der Waals surface area contributed by atoms with E-state index >= 15 is 0 Å². The number of hydrogen-bond acceptors (Lipinski definition) is 6. The Hall–Kier alpha value is -1.73. The molecule has 112 valence electrons. The Morgan fingerprint density at radius 3 is 3.05 bits per heavy atom. The van der Waals surface area contributed by atoms with E-state index in [1.165, 1.54) is 11.3 Å². The third-order valence-corrected chi connectivity index (χ3v) is 4.49. The second-order valence-corrected chi connectivity index (χ2v) is 6.15. The lowest BCUT2D eigenvalue weighted by molar-refractivity contribution is -0.116. The van der Waals surface area contributed by atoms with Gasteiger partial charge in [0.2, 0.25) is 11.0 Å². The van der Waals surface area contributed by atoms with E-state index in [1.54, 1.807) is 12.3 Å². The second-order valence-electron chi connectivity index (χ2n) is 5.17. The van der Waals surface area contributed by atoms with Crippen LogP contribution in [0.3, 0.4) is 0 Å². The highest BCUT2D eigenvalue weighted by molar-refractivity contribution is 7.18. The molecule has 1 amide bonds. The molecule has 0 spiro atoms. The molecule has 2 aromatic rings. The van der Waals surface area contributed by atoms with Gasteiger partial charge in [-0.25, -0.2) is 0 Å². The van der Waals surface area contributed by atoms with Crippen LogP contribution in [0.25, 0.3) is 10.8 Å². The number of rotatable bonds is 5. The molecule has 1 aliphatic rings. The number of aromatic nitrogens is 2. The first-order chi connectivity index (χ1) is 10.3. The number of nitrogens with one attached hydrogen (secondary N) is 2. The van der Waals surface area contributed by atoms with Crippen LogP contribution >= 0.6 is 11.3 Å². The molecule has 1 saturated heterocycles. The first kappa shape index (κ1) is 14.2. The third-order valence-electron chi connectivity index (χ3n) is 3.64. The summed E-state index contributed by atoms with van der Waals surface area (Å²) in [4.78, 5) is 11.9. The van der Waals surface area contributed by atoms with Crippen molar-refractivity contribution in [1.29, 1.82) is 0 Å². The lowest BCUT2D eigenvalue weighted by Gasteiger charge is -2.21. The van der Waals surface area contributed by atoms with Crippen molar-refractivity contribution in [3.05, 3.63) is 18.4 Å². The van der Waals surface area contributed by atoms with E-state index in [2.05, 4.69) is 20.8 Å². The summed E-state index contributed by atoms with van der Waals surface area (Å²) in [5, 5.41) is 15.3. The van der Waals surface area contributed by atoms with E-state index in [1.807, 2.05) is 6.07 Å². The van der Waals surface area contributed by atoms with Crippen molar-refractivity contribution in [1.82, 2.24) is 15.5 Å². The normalized spacial score (nSPS) is 16.0. The van der Waals surface area contributed by atoms with E-state index in [0.717, 1.165) is 32.4 Å². The molecule has 2 N–H and O–H groups in total. The number of piperidine rings is 1. The smallest absolute Gasteiger partial charge is 0.226 e. The Bertz CT molecular complexity index is 576. The van der Waals surface area contributed by atoms with Crippen LogP contribution in [-0.2, 0) is 4.79 Å². The first-order valence-electron chi connectivity index (χ1n) is 7.19. The number of nitrogens with zero attached hydrogens (tertiary/aromatic N) is 2. The van der Waals surface area contributed by atoms with Gasteiger partial charge in [-0.15, -0.1) is 10.2 Å². The number of hydrogen-bond donors (Lipinski definition) is 2. The Morgan fingerprint density at radius 2 is 2.29 bits per heavy atom. The molecule has 21 heavy (non-hydrogen) atoms. The predicted molar refractivity (Wildman–Crippen MR) is 81.1 cm³/mol. The highest BCUT2D eigenvalue weighted by Gasteiger charge is 2.16. The van der Waals surface area contributed by atoms with Crippen LogP contribution < -0.4 is 10.6 Å². The van der Waals surface area contributed by atoms with Crippen LogP contribution in [0.4, 0.5) is 5.13 Å². The second kappa shape index (κ2) is 6.82. The van der Waals surface area contributed by atoms with Crippen molar-refractivity contribution < 1.29 is 9.21 Å². The van der Waals surface area contributed by atoms with Crippen LogP contribution in [-0.4, -0.2) is 29.2 Å². The summed E-state index contributed by atoms with van der Waals surface area (Å²) in [5.41, 5.74) is 0.